The monoisotopic (exact) mass is 564 g/mol. The van der Waals surface area contributed by atoms with Crippen LogP contribution in [0, 0.1) is 11.8 Å². The second kappa shape index (κ2) is 26.3. The lowest BCUT2D eigenvalue weighted by atomic mass is 9.96. The van der Waals surface area contributed by atoms with E-state index in [1.54, 1.807) is 0 Å². The Morgan fingerprint density at radius 3 is 1.48 bits per heavy atom. The van der Waals surface area contributed by atoms with E-state index in [1.165, 1.54) is 103 Å². The predicted molar refractivity (Wildman–Crippen MR) is 170 cm³/mol. The molecule has 1 aromatic heterocycles. The molecule has 7 nitrogen and oxygen atoms in total. The number of aromatic nitrogens is 3. The van der Waals surface area contributed by atoms with Crippen LogP contribution in [0.1, 0.15) is 156 Å². The molecule has 0 aliphatic heterocycles. The van der Waals surface area contributed by atoms with Gasteiger partial charge in [0.1, 0.15) is 0 Å². The molecular formula is C33H65N5O2. The summed E-state index contributed by atoms with van der Waals surface area (Å²) in [5.41, 5.74) is 5.63. The second-order valence-electron chi connectivity index (χ2n) is 11.7. The van der Waals surface area contributed by atoms with Crippen LogP contribution in [-0.4, -0.2) is 41.3 Å². The lowest BCUT2D eigenvalue weighted by molar-refractivity contribution is 0.191. The maximum Gasteiger partial charge on any atom is 0.324 e. The third-order valence-electron chi connectivity index (χ3n) is 7.77. The predicted octanol–water partition coefficient (Wildman–Crippen LogP) is 9.11. The van der Waals surface area contributed by atoms with Gasteiger partial charge in [0.05, 0.1) is 13.2 Å². The summed E-state index contributed by atoms with van der Waals surface area (Å²) in [4.78, 5) is 13.8. The molecule has 0 spiro atoms. The van der Waals surface area contributed by atoms with Gasteiger partial charge in [-0.2, -0.15) is 9.97 Å². The molecule has 40 heavy (non-hydrogen) atoms. The number of anilines is 1. The maximum absolute atomic E-state index is 6.23. The van der Waals surface area contributed by atoms with Crippen molar-refractivity contribution in [2.45, 2.75) is 156 Å². The number of ether oxygens (including phenoxy) is 2. The van der Waals surface area contributed by atoms with Gasteiger partial charge >= 0.3 is 12.0 Å². The van der Waals surface area contributed by atoms with Gasteiger partial charge in [-0.3, -0.25) is 0 Å². The normalized spacial score (nSPS) is 12.8. The van der Waals surface area contributed by atoms with E-state index < -0.39 is 0 Å². The molecule has 0 aliphatic carbocycles. The maximum atomic E-state index is 6.23. The van der Waals surface area contributed by atoms with E-state index in [1.807, 2.05) is 0 Å². The van der Waals surface area contributed by atoms with Crippen molar-refractivity contribution in [3.8, 4) is 12.0 Å². The minimum absolute atomic E-state index is 0.388. The average molecular weight is 564 g/mol. The lowest BCUT2D eigenvalue weighted by Crippen LogP contribution is -2.17. The zero-order chi connectivity index (χ0) is 29.1. The largest absolute Gasteiger partial charge is 0.463 e. The van der Waals surface area contributed by atoms with Crippen molar-refractivity contribution < 1.29 is 9.47 Å². The Balaban J connectivity index is 2.85. The number of hydrogen-bond acceptors (Lipinski definition) is 7. The fourth-order valence-corrected chi connectivity index (χ4v) is 5.08. The molecule has 2 unspecified atom stereocenters. The topological polar surface area (TPSA) is 95.2 Å². The van der Waals surface area contributed by atoms with Crippen molar-refractivity contribution in [2.75, 3.05) is 31.6 Å². The van der Waals surface area contributed by atoms with E-state index in [2.05, 4.69) is 48.0 Å². The molecule has 0 saturated heterocycles. The van der Waals surface area contributed by atoms with Crippen molar-refractivity contribution in [3.63, 3.8) is 0 Å². The molecule has 0 radical (unpaired) electrons. The average Bonchev–Trinajstić information content (AvgIpc) is 2.97. The van der Waals surface area contributed by atoms with Gasteiger partial charge < -0.3 is 20.5 Å². The SMILES string of the molecule is CCCCCCC(CCCC)COc1nc(NCCCCCCN)nc(OCC(CCCC)CCCCCC)n1. The second-order valence-corrected chi connectivity index (χ2v) is 11.7. The summed E-state index contributed by atoms with van der Waals surface area (Å²) in [5, 5.41) is 3.39. The summed E-state index contributed by atoms with van der Waals surface area (Å²) in [7, 11) is 0. The van der Waals surface area contributed by atoms with Crippen molar-refractivity contribution in [1.29, 1.82) is 0 Å². The first kappa shape index (κ1) is 36.4. The third-order valence-corrected chi connectivity index (χ3v) is 7.77. The Morgan fingerprint density at radius 2 is 1.00 bits per heavy atom. The van der Waals surface area contributed by atoms with E-state index in [0.29, 0.717) is 43.0 Å². The Labute approximate surface area is 247 Å². The van der Waals surface area contributed by atoms with E-state index in [9.17, 15) is 0 Å². The van der Waals surface area contributed by atoms with Crippen molar-refractivity contribution in [1.82, 2.24) is 15.0 Å². The molecule has 3 N–H and O–H groups in total. The first-order valence-corrected chi connectivity index (χ1v) is 17.1. The van der Waals surface area contributed by atoms with Gasteiger partial charge in [-0.15, -0.1) is 4.98 Å². The zero-order valence-electron chi connectivity index (χ0n) is 26.9. The van der Waals surface area contributed by atoms with Gasteiger partial charge in [-0.25, -0.2) is 0 Å². The molecule has 7 heteroatoms. The highest BCUT2D eigenvalue weighted by atomic mass is 16.5. The van der Waals surface area contributed by atoms with Gasteiger partial charge in [0.25, 0.3) is 0 Å². The number of unbranched alkanes of at least 4 members (excludes halogenated alkanes) is 11. The first-order valence-electron chi connectivity index (χ1n) is 17.1. The highest BCUT2D eigenvalue weighted by Crippen LogP contribution is 2.22. The van der Waals surface area contributed by atoms with Crippen LogP contribution in [0.2, 0.25) is 0 Å². The van der Waals surface area contributed by atoms with Gasteiger partial charge in [0.2, 0.25) is 5.95 Å². The minimum Gasteiger partial charge on any atom is -0.463 e. The standard InChI is InChI=1S/C33H65N5O2/c1-5-9-13-17-23-29(21-11-7-3)27-39-32-36-31(35-26-20-16-15-19-25-34)37-33(38-32)40-28-30(22-12-8-4)24-18-14-10-6-2/h29-30H,5-28,34H2,1-4H3,(H,35,36,37,38). The van der Waals surface area contributed by atoms with Crippen LogP contribution >= 0.6 is 0 Å². The molecule has 0 aliphatic rings. The van der Waals surface area contributed by atoms with Crippen molar-refractivity contribution in [3.05, 3.63) is 0 Å². The van der Waals surface area contributed by atoms with Crippen molar-refractivity contribution >= 4 is 5.95 Å². The van der Waals surface area contributed by atoms with Crippen LogP contribution in [0.3, 0.4) is 0 Å². The minimum atomic E-state index is 0.388. The van der Waals surface area contributed by atoms with Gasteiger partial charge in [0.15, 0.2) is 0 Å². The van der Waals surface area contributed by atoms with E-state index in [-0.39, 0.29) is 0 Å². The van der Waals surface area contributed by atoms with Gasteiger partial charge in [-0.05, 0) is 56.9 Å². The van der Waals surface area contributed by atoms with Crippen LogP contribution < -0.4 is 20.5 Å². The first-order chi connectivity index (χ1) is 19.7. The van der Waals surface area contributed by atoms with Crippen LogP contribution in [-0.2, 0) is 0 Å². The van der Waals surface area contributed by atoms with E-state index in [0.717, 1.165) is 38.8 Å². The number of nitrogens with two attached hydrogens (primary N) is 1. The molecule has 0 bridgehead atoms. The number of hydrogen-bond donors (Lipinski definition) is 2. The number of rotatable bonds is 29. The third kappa shape index (κ3) is 19.4. The number of nitrogens with zero attached hydrogens (tertiary/aromatic N) is 3. The van der Waals surface area contributed by atoms with Crippen molar-refractivity contribution in [2.24, 2.45) is 17.6 Å². The van der Waals surface area contributed by atoms with E-state index >= 15 is 0 Å². The Kier molecular flexibility index (Phi) is 23.9. The Bertz CT molecular complexity index is 645. The molecular weight excluding hydrogens is 498 g/mol. The molecule has 1 rings (SSSR count). The fourth-order valence-electron chi connectivity index (χ4n) is 5.08. The fraction of sp³-hybridized carbons (Fsp3) is 0.909. The quantitative estimate of drug-likeness (QED) is 0.0938. The van der Waals surface area contributed by atoms with Gasteiger partial charge in [-0.1, -0.05) is 118 Å². The summed E-state index contributed by atoms with van der Waals surface area (Å²) >= 11 is 0. The molecule has 1 aromatic rings. The molecule has 0 aromatic carbocycles. The van der Waals surface area contributed by atoms with Crippen LogP contribution in [0.25, 0.3) is 0 Å². The lowest BCUT2D eigenvalue weighted by Gasteiger charge is -2.18. The molecule has 0 amide bonds. The Hall–Kier alpha value is -1.63. The van der Waals surface area contributed by atoms with Gasteiger partial charge in [0, 0.05) is 6.54 Å². The number of nitrogens with one attached hydrogen (secondary N) is 1. The van der Waals surface area contributed by atoms with Crippen LogP contribution in [0.15, 0.2) is 0 Å². The summed E-state index contributed by atoms with van der Waals surface area (Å²) < 4.78 is 12.5. The van der Waals surface area contributed by atoms with E-state index in [4.69, 9.17) is 15.2 Å². The molecule has 2 atom stereocenters. The van der Waals surface area contributed by atoms with Crippen LogP contribution in [0.4, 0.5) is 5.95 Å². The molecule has 0 fully saturated rings. The summed E-state index contributed by atoms with van der Waals surface area (Å²) in [6.45, 7) is 11.9. The van der Waals surface area contributed by atoms with Crippen LogP contribution in [0.5, 0.6) is 12.0 Å². The zero-order valence-corrected chi connectivity index (χ0v) is 26.9. The summed E-state index contributed by atoms with van der Waals surface area (Å²) in [6, 6.07) is 0.775. The highest BCUT2D eigenvalue weighted by molar-refractivity contribution is 5.27. The smallest absolute Gasteiger partial charge is 0.324 e. The summed E-state index contributed by atoms with van der Waals surface area (Å²) in [5.74, 6) is 1.64. The molecule has 0 saturated carbocycles. The summed E-state index contributed by atoms with van der Waals surface area (Å²) in [6.07, 6.45) is 24.5. The Morgan fingerprint density at radius 1 is 0.550 bits per heavy atom. The molecule has 1 heterocycles. The molecule has 234 valence electrons. The highest BCUT2D eigenvalue weighted by Gasteiger charge is 2.15.